The number of nitrogens with zero attached hydrogens (tertiary/aromatic N) is 1. The van der Waals surface area contributed by atoms with Gasteiger partial charge in [0.05, 0.1) is 24.9 Å². The summed E-state index contributed by atoms with van der Waals surface area (Å²) in [4.78, 5) is 104. The molecule has 1 saturated heterocycles. The zero-order valence-electron chi connectivity index (χ0n) is 32.3. The summed E-state index contributed by atoms with van der Waals surface area (Å²) in [5.41, 5.74) is 11.8. The van der Waals surface area contributed by atoms with Crippen LogP contribution in [0.5, 0.6) is 5.75 Å². The summed E-state index contributed by atoms with van der Waals surface area (Å²) in [5.74, 6) is -8.12. The summed E-state index contributed by atoms with van der Waals surface area (Å²) in [6.07, 6.45) is -3.16. The van der Waals surface area contributed by atoms with E-state index in [0.29, 0.717) is 12.0 Å². The van der Waals surface area contributed by atoms with Crippen LogP contribution in [0.3, 0.4) is 0 Å². The van der Waals surface area contributed by atoms with E-state index in [9.17, 15) is 63.9 Å². The van der Waals surface area contributed by atoms with Crippen LogP contribution >= 0.6 is 0 Å². The summed E-state index contributed by atoms with van der Waals surface area (Å²) in [5, 5.41) is 61.4. The lowest BCUT2D eigenvalue weighted by Crippen LogP contribution is -2.63. The molecule has 0 radical (unpaired) electrons. The quantitative estimate of drug-likeness (QED) is 0.0529. The Labute approximate surface area is 329 Å². The summed E-state index contributed by atoms with van der Waals surface area (Å²) in [7, 11) is 0. The van der Waals surface area contributed by atoms with Gasteiger partial charge in [0.15, 0.2) is 0 Å². The third-order valence-corrected chi connectivity index (χ3v) is 9.12. The number of nitrogens with one attached hydrogen (secondary N) is 5. The number of aliphatic carboxylic acids is 1. The number of phenols is 1. The molecular weight excluding hydrogens is 752 g/mol. The third kappa shape index (κ3) is 14.9. The van der Waals surface area contributed by atoms with Crippen LogP contribution in [0.4, 0.5) is 0 Å². The van der Waals surface area contributed by atoms with Gasteiger partial charge in [-0.15, -0.1) is 0 Å². The molecule has 0 spiro atoms. The van der Waals surface area contributed by atoms with Crippen molar-refractivity contribution in [2.45, 2.75) is 121 Å². The van der Waals surface area contributed by atoms with Crippen LogP contribution in [-0.2, 0) is 44.8 Å². The Morgan fingerprint density at radius 2 is 1.28 bits per heavy atom. The van der Waals surface area contributed by atoms with Crippen LogP contribution in [0.1, 0.15) is 65.4 Å². The first kappa shape index (κ1) is 47.8. The van der Waals surface area contributed by atoms with Gasteiger partial charge in [-0.25, -0.2) is 4.79 Å². The van der Waals surface area contributed by atoms with Gasteiger partial charge in [-0.1, -0.05) is 26.0 Å². The average Bonchev–Trinajstić information content (AvgIpc) is 3.63. The molecule has 0 aromatic heterocycles. The number of likely N-dealkylation sites (tertiary alicyclic amines) is 1. The Bertz CT molecular complexity index is 1590. The van der Waals surface area contributed by atoms with E-state index in [4.69, 9.17) is 11.5 Å². The smallest absolute Gasteiger partial charge is 0.326 e. The maximum absolute atomic E-state index is 13.6. The highest BCUT2D eigenvalue weighted by Gasteiger charge is 2.39. The Hall–Kier alpha value is -5.38. The molecular formula is C36H56N8O13. The summed E-state index contributed by atoms with van der Waals surface area (Å²) in [6, 6.07) is -4.45. The van der Waals surface area contributed by atoms with E-state index >= 15 is 0 Å². The van der Waals surface area contributed by atoms with Crippen molar-refractivity contribution in [2.24, 2.45) is 17.4 Å². The fourth-order valence-electron chi connectivity index (χ4n) is 6.03. The number of aliphatic hydroxyl groups is 3. The molecule has 7 amide bonds. The molecule has 1 aliphatic heterocycles. The molecule has 318 valence electrons. The number of carboxylic acid groups (broad SMARTS) is 1. The number of nitrogens with two attached hydrogens (primary N) is 2. The van der Waals surface area contributed by atoms with Crippen molar-refractivity contribution >= 4 is 47.3 Å². The Morgan fingerprint density at radius 3 is 1.77 bits per heavy atom. The molecule has 0 aliphatic carbocycles. The van der Waals surface area contributed by atoms with Gasteiger partial charge in [0.1, 0.15) is 42.0 Å². The highest BCUT2D eigenvalue weighted by Crippen LogP contribution is 2.20. The maximum atomic E-state index is 13.6. The SMILES string of the molecule is CC(C)C[C@H](NC(=O)[C@@H](NC(=O)[C@H](CO)NC(=O)[C@@H](NC(=O)[C@@H](N)Cc1ccc(O)cc1)[C@@H](C)O)[C@@H](C)O)C(=O)N[C@@H](CCC(N)=O)C(=O)N1CCC[C@H]1C(=O)O. The van der Waals surface area contributed by atoms with Crippen LogP contribution in [0.2, 0.25) is 0 Å². The highest BCUT2D eigenvalue weighted by molar-refractivity contribution is 5.97. The van der Waals surface area contributed by atoms with Crippen molar-refractivity contribution in [2.75, 3.05) is 13.2 Å². The predicted molar refractivity (Wildman–Crippen MR) is 200 cm³/mol. The molecule has 1 heterocycles. The van der Waals surface area contributed by atoms with Crippen LogP contribution < -0.4 is 38.1 Å². The normalized spacial score (nSPS) is 18.1. The molecule has 1 aromatic carbocycles. The lowest BCUT2D eigenvalue weighted by molar-refractivity contribution is -0.149. The van der Waals surface area contributed by atoms with E-state index in [1.165, 1.54) is 31.2 Å². The fraction of sp³-hybridized carbons (Fsp3) is 0.611. The van der Waals surface area contributed by atoms with Gasteiger partial charge in [-0.2, -0.15) is 0 Å². The van der Waals surface area contributed by atoms with Crippen molar-refractivity contribution in [1.82, 2.24) is 31.5 Å². The second-order valence-electron chi connectivity index (χ2n) is 14.5. The topological polar surface area (TPSA) is 353 Å². The number of amides is 7. The Balaban J connectivity index is 2.18. The van der Waals surface area contributed by atoms with E-state index in [2.05, 4.69) is 26.6 Å². The number of benzene rings is 1. The van der Waals surface area contributed by atoms with Crippen molar-refractivity contribution in [3.05, 3.63) is 29.8 Å². The standard InChI is InChI=1S/C36H56N8O13/c1-17(2)14-24(31(51)39-23(11-12-27(38)49)35(55)44-13-5-6-26(44)36(56)57)40-33(53)29(19(4)47)43-32(52)25(16-45)41-34(54)28(18(3)46)42-30(50)22(37)15-20-7-9-21(48)10-8-20/h7-10,17-19,22-26,28-29,45-48H,5-6,11-16,37H2,1-4H3,(H2,38,49)(H,39,51)(H,40,53)(H,41,54)(H,42,50)(H,43,52)(H,56,57)/t18-,19-,22+,23+,24+,25+,26+,28+,29+/m1/s1. The minimum atomic E-state index is -1.78. The molecule has 2 rings (SSSR count). The van der Waals surface area contributed by atoms with Gasteiger partial charge in [-0.05, 0) is 69.6 Å². The number of phenolic OH excluding ortho intramolecular Hbond substituents is 1. The van der Waals surface area contributed by atoms with Crippen LogP contribution in [0.25, 0.3) is 0 Å². The monoisotopic (exact) mass is 808 g/mol. The van der Waals surface area contributed by atoms with Crippen molar-refractivity contribution in [3.8, 4) is 5.75 Å². The first-order valence-electron chi connectivity index (χ1n) is 18.5. The maximum Gasteiger partial charge on any atom is 0.326 e. The second kappa shape index (κ2) is 22.4. The highest BCUT2D eigenvalue weighted by atomic mass is 16.4. The molecule has 57 heavy (non-hydrogen) atoms. The van der Waals surface area contributed by atoms with Crippen molar-refractivity contribution < 1.29 is 63.9 Å². The van der Waals surface area contributed by atoms with E-state index in [0.717, 1.165) is 11.8 Å². The van der Waals surface area contributed by atoms with Crippen molar-refractivity contribution in [1.29, 1.82) is 0 Å². The lowest BCUT2D eigenvalue weighted by Gasteiger charge is -2.30. The van der Waals surface area contributed by atoms with E-state index < -0.39 is 108 Å². The predicted octanol–water partition coefficient (Wildman–Crippen LogP) is -4.17. The molecule has 0 bridgehead atoms. The summed E-state index contributed by atoms with van der Waals surface area (Å²) >= 11 is 0. The zero-order chi connectivity index (χ0) is 43.1. The number of carbonyl (C=O) groups is 8. The molecule has 14 N–H and O–H groups in total. The number of carbonyl (C=O) groups excluding carboxylic acids is 7. The minimum absolute atomic E-state index is 0.00158. The van der Waals surface area contributed by atoms with Gasteiger partial charge >= 0.3 is 5.97 Å². The lowest BCUT2D eigenvalue weighted by atomic mass is 10.0. The molecule has 0 unspecified atom stereocenters. The largest absolute Gasteiger partial charge is 0.508 e. The molecule has 1 fully saturated rings. The van der Waals surface area contributed by atoms with Gasteiger partial charge in [0.25, 0.3) is 0 Å². The van der Waals surface area contributed by atoms with Crippen molar-refractivity contribution in [3.63, 3.8) is 0 Å². The van der Waals surface area contributed by atoms with Gasteiger partial charge in [0.2, 0.25) is 41.4 Å². The molecule has 1 aromatic rings. The first-order valence-corrected chi connectivity index (χ1v) is 18.5. The third-order valence-electron chi connectivity index (χ3n) is 9.12. The van der Waals surface area contributed by atoms with Crippen LogP contribution in [0.15, 0.2) is 24.3 Å². The van der Waals surface area contributed by atoms with E-state index in [1.54, 1.807) is 13.8 Å². The van der Waals surface area contributed by atoms with E-state index in [1.807, 2.05) is 0 Å². The zero-order valence-corrected chi connectivity index (χ0v) is 32.3. The number of hydrogen-bond acceptors (Lipinski definition) is 13. The number of carboxylic acids is 1. The molecule has 0 saturated carbocycles. The number of hydrogen-bond donors (Lipinski definition) is 12. The Morgan fingerprint density at radius 1 is 0.772 bits per heavy atom. The van der Waals surface area contributed by atoms with Crippen LogP contribution in [0, 0.1) is 5.92 Å². The summed E-state index contributed by atoms with van der Waals surface area (Å²) in [6.45, 7) is 4.82. The minimum Gasteiger partial charge on any atom is -0.508 e. The van der Waals surface area contributed by atoms with Gasteiger partial charge in [0, 0.05) is 13.0 Å². The number of aromatic hydroxyl groups is 1. The Kier molecular flexibility index (Phi) is 18.8. The van der Waals surface area contributed by atoms with Crippen LogP contribution in [-0.4, -0.2) is 145 Å². The second-order valence-corrected chi connectivity index (χ2v) is 14.5. The molecule has 1 aliphatic rings. The number of rotatable bonds is 22. The fourth-order valence-corrected chi connectivity index (χ4v) is 6.03. The molecule has 21 heteroatoms. The molecule has 9 atom stereocenters. The first-order chi connectivity index (χ1) is 26.7. The average molecular weight is 809 g/mol. The number of aliphatic hydroxyl groups excluding tert-OH is 3. The molecule has 21 nitrogen and oxygen atoms in total. The van der Waals surface area contributed by atoms with Gasteiger partial charge in [-0.3, -0.25) is 33.6 Å². The number of primary amides is 1. The van der Waals surface area contributed by atoms with E-state index in [-0.39, 0.29) is 50.3 Å². The summed E-state index contributed by atoms with van der Waals surface area (Å²) < 4.78 is 0. The van der Waals surface area contributed by atoms with Gasteiger partial charge < -0.3 is 68.5 Å².